The van der Waals surface area contributed by atoms with Gasteiger partial charge in [-0.25, -0.2) is 0 Å². The summed E-state index contributed by atoms with van der Waals surface area (Å²) >= 11 is 0. The molecule has 6 heteroatoms. The fraction of sp³-hybridized carbons (Fsp3) is 0.467. The molecule has 1 aromatic carbocycles. The molecular formula is C15H21N3O3. The van der Waals surface area contributed by atoms with Crippen LogP contribution in [-0.2, 0) is 16.0 Å². The molecule has 1 fully saturated rings. The molecule has 0 radical (unpaired) electrons. The van der Waals surface area contributed by atoms with E-state index in [0.29, 0.717) is 6.42 Å². The summed E-state index contributed by atoms with van der Waals surface area (Å²) in [4.78, 5) is 25.1. The van der Waals surface area contributed by atoms with Gasteiger partial charge in [0.25, 0.3) is 0 Å². The lowest BCUT2D eigenvalue weighted by Crippen LogP contribution is -2.47. The first-order chi connectivity index (χ1) is 9.95. The third-order valence-electron chi connectivity index (χ3n) is 3.41. The van der Waals surface area contributed by atoms with Gasteiger partial charge in [-0.05, 0) is 37.0 Å². The maximum atomic E-state index is 12.1. The molecule has 0 heterocycles. The highest BCUT2D eigenvalue weighted by Crippen LogP contribution is 2.18. The Balaban J connectivity index is 1.82. The van der Waals surface area contributed by atoms with Gasteiger partial charge in [-0.3, -0.25) is 9.59 Å². The molecule has 0 saturated heterocycles. The van der Waals surface area contributed by atoms with E-state index in [-0.39, 0.29) is 30.2 Å². The minimum absolute atomic E-state index is 0.0264. The van der Waals surface area contributed by atoms with E-state index in [4.69, 9.17) is 5.73 Å². The maximum Gasteiger partial charge on any atom is 0.240 e. The molecule has 114 valence electrons. The number of rotatable bonds is 6. The minimum Gasteiger partial charge on any atom is -0.508 e. The number of hydrogen-bond acceptors (Lipinski definition) is 4. The predicted molar refractivity (Wildman–Crippen MR) is 78.6 cm³/mol. The molecule has 1 saturated carbocycles. The van der Waals surface area contributed by atoms with E-state index < -0.39 is 6.04 Å². The van der Waals surface area contributed by atoms with Crippen molar-refractivity contribution in [1.82, 2.24) is 10.2 Å². The van der Waals surface area contributed by atoms with Crippen LogP contribution in [0.5, 0.6) is 5.75 Å². The molecule has 4 N–H and O–H groups in total. The number of carbonyl (C=O) groups excluding carboxylic acids is 2. The zero-order valence-electron chi connectivity index (χ0n) is 12.1. The van der Waals surface area contributed by atoms with E-state index in [1.165, 1.54) is 4.90 Å². The summed E-state index contributed by atoms with van der Waals surface area (Å²) < 4.78 is 0. The third-order valence-corrected chi connectivity index (χ3v) is 3.41. The van der Waals surface area contributed by atoms with Crippen LogP contribution in [0.4, 0.5) is 0 Å². The average Bonchev–Trinajstić information content (AvgIpc) is 3.24. The Morgan fingerprint density at radius 2 is 2.00 bits per heavy atom. The van der Waals surface area contributed by atoms with Crippen molar-refractivity contribution in [2.75, 3.05) is 13.6 Å². The molecule has 21 heavy (non-hydrogen) atoms. The van der Waals surface area contributed by atoms with Crippen molar-refractivity contribution in [1.29, 1.82) is 0 Å². The van der Waals surface area contributed by atoms with Gasteiger partial charge in [-0.2, -0.15) is 0 Å². The number of nitrogens with one attached hydrogen (secondary N) is 1. The summed E-state index contributed by atoms with van der Waals surface area (Å²) in [6.45, 7) is 0.0264. The molecular weight excluding hydrogens is 270 g/mol. The Kier molecular flexibility index (Phi) is 4.80. The fourth-order valence-corrected chi connectivity index (χ4v) is 2.05. The summed E-state index contributed by atoms with van der Waals surface area (Å²) in [5, 5.41) is 12.0. The van der Waals surface area contributed by atoms with Gasteiger partial charge in [0.2, 0.25) is 11.8 Å². The second-order valence-electron chi connectivity index (χ2n) is 5.51. The number of nitrogens with two attached hydrogens (primary N) is 1. The summed E-state index contributed by atoms with van der Waals surface area (Å²) in [5.41, 5.74) is 6.76. The molecule has 1 aliphatic rings. The lowest BCUT2D eigenvalue weighted by Gasteiger charge is -2.21. The number of amides is 2. The molecule has 0 aliphatic heterocycles. The first kappa shape index (κ1) is 15.3. The minimum atomic E-state index is -0.701. The van der Waals surface area contributed by atoms with Gasteiger partial charge in [-0.1, -0.05) is 12.1 Å². The summed E-state index contributed by atoms with van der Waals surface area (Å²) in [6.07, 6.45) is 2.40. The van der Waals surface area contributed by atoms with Gasteiger partial charge < -0.3 is 21.1 Å². The van der Waals surface area contributed by atoms with Crippen LogP contribution in [0.1, 0.15) is 18.4 Å². The Bertz CT molecular complexity index is 511. The molecule has 1 aliphatic carbocycles. The second-order valence-corrected chi connectivity index (χ2v) is 5.51. The van der Waals surface area contributed by atoms with Crippen molar-refractivity contribution in [3.63, 3.8) is 0 Å². The van der Waals surface area contributed by atoms with E-state index in [1.807, 2.05) is 0 Å². The lowest BCUT2D eigenvalue weighted by atomic mass is 10.1. The predicted octanol–water partition coefficient (Wildman–Crippen LogP) is -0.001000. The Hall–Kier alpha value is -2.08. The molecule has 2 amide bonds. The Labute approximate surface area is 123 Å². The highest BCUT2D eigenvalue weighted by molar-refractivity contribution is 5.87. The van der Waals surface area contributed by atoms with Crippen LogP contribution in [0.15, 0.2) is 24.3 Å². The third kappa shape index (κ3) is 4.75. The van der Waals surface area contributed by atoms with E-state index in [0.717, 1.165) is 18.4 Å². The van der Waals surface area contributed by atoms with Crippen molar-refractivity contribution in [3.05, 3.63) is 29.8 Å². The molecule has 0 aromatic heterocycles. The number of hydrogen-bond donors (Lipinski definition) is 3. The highest BCUT2D eigenvalue weighted by atomic mass is 16.3. The summed E-state index contributed by atoms with van der Waals surface area (Å²) in [6, 6.07) is 6.14. The van der Waals surface area contributed by atoms with E-state index in [2.05, 4.69) is 5.32 Å². The second kappa shape index (κ2) is 6.58. The van der Waals surface area contributed by atoms with Gasteiger partial charge in [0.15, 0.2) is 0 Å². The van der Waals surface area contributed by atoms with Crippen molar-refractivity contribution in [2.45, 2.75) is 31.3 Å². The Morgan fingerprint density at radius 1 is 1.38 bits per heavy atom. The number of benzene rings is 1. The largest absolute Gasteiger partial charge is 0.508 e. The van der Waals surface area contributed by atoms with Gasteiger partial charge in [-0.15, -0.1) is 0 Å². The normalized spacial score (nSPS) is 15.3. The van der Waals surface area contributed by atoms with E-state index in [1.54, 1.807) is 31.3 Å². The molecule has 0 spiro atoms. The lowest BCUT2D eigenvalue weighted by molar-refractivity contribution is -0.135. The topological polar surface area (TPSA) is 95.7 Å². The van der Waals surface area contributed by atoms with Crippen LogP contribution in [0.25, 0.3) is 0 Å². The first-order valence-electron chi connectivity index (χ1n) is 7.03. The van der Waals surface area contributed by atoms with Gasteiger partial charge in [0.05, 0.1) is 12.6 Å². The average molecular weight is 291 g/mol. The van der Waals surface area contributed by atoms with Gasteiger partial charge in [0.1, 0.15) is 5.75 Å². The van der Waals surface area contributed by atoms with Crippen molar-refractivity contribution >= 4 is 11.8 Å². The molecule has 2 rings (SSSR count). The number of nitrogens with zero attached hydrogens (tertiary/aromatic N) is 1. The molecule has 1 aromatic rings. The van der Waals surface area contributed by atoms with Gasteiger partial charge >= 0.3 is 0 Å². The van der Waals surface area contributed by atoms with Crippen LogP contribution in [0.3, 0.4) is 0 Å². The quantitative estimate of drug-likeness (QED) is 0.687. The zero-order valence-corrected chi connectivity index (χ0v) is 12.1. The van der Waals surface area contributed by atoms with Crippen LogP contribution in [0, 0.1) is 0 Å². The standard InChI is InChI=1S/C15H21N3O3/c1-18(9-14(20)17-11-4-5-11)15(21)13(16)8-10-2-6-12(19)7-3-10/h2-3,6-7,11,13,19H,4-5,8-9,16H2,1H3,(H,17,20)/t13-/m0/s1. The highest BCUT2D eigenvalue weighted by Gasteiger charge is 2.25. The molecule has 6 nitrogen and oxygen atoms in total. The summed E-state index contributed by atoms with van der Waals surface area (Å²) in [5.74, 6) is -0.244. The van der Waals surface area contributed by atoms with Gasteiger partial charge in [0, 0.05) is 13.1 Å². The number of phenolic OH excluding ortho intramolecular Hbond substituents is 1. The number of phenols is 1. The van der Waals surface area contributed by atoms with Crippen molar-refractivity contribution in [3.8, 4) is 5.75 Å². The Morgan fingerprint density at radius 3 is 2.57 bits per heavy atom. The van der Waals surface area contributed by atoms with Crippen LogP contribution in [0.2, 0.25) is 0 Å². The van der Waals surface area contributed by atoms with Crippen LogP contribution >= 0.6 is 0 Å². The molecule has 0 unspecified atom stereocenters. The van der Waals surface area contributed by atoms with Crippen molar-refractivity contribution in [2.24, 2.45) is 5.73 Å². The SMILES string of the molecule is CN(CC(=O)NC1CC1)C(=O)[C@@H](N)Cc1ccc(O)cc1. The summed E-state index contributed by atoms with van der Waals surface area (Å²) in [7, 11) is 1.57. The first-order valence-corrected chi connectivity index (χ1v) is 7.03. The number of likely N-dealkylation sites (N-methyl/N-ethyl adjacent to an activating group) is 1. The fourth-order valence-electron chi connectivity index (χ4n) is 2.05. The monoisotopic (exact) mass is 291 g/mol. The van der Waals surface area contributed by atoms with E-state index >= 15 is 0 Å². The number of carbonyl (C=O) groups is 2. The van der Waals surface area contributed by atoms with Crippen LogP contribution < -0.4 is 11.1 Å². The molecule has 1 atom stereocenters. The molecule has 0 bridgehead atoms. The van der Waals surface area contributed by atoms with Crippen LogP contribution in [-0.4, -0.2) is 47.5 Å². The van der Waals surface area contributed by atoms with Crippen molar-refractivity contribution < 1.29 is 14.7 Å². The number of aromatic hydroxyl groups is 1. The smallest absolute Gasteiger partial charge is 0.240 e. The van der Waals surface area contributed by atoms with E-state index in [9.17, 15) is 14.7 Å². The maximum absolute atomic E-state index is 12.1. The zero-order chi connectivity index (χ0) is 15.4.